The number of benzene rings is 1. The summed E-state index contributed by atoms with van der Waals surface area (Å²) in [5.41, 5.74) is 2.99. The quantitative estimate of drug-likeness (QED) is 0.853. The first-order valence-corrected chi connectivity index (χ1v) is 5.15. The van der Waals surface area contributed by atoms with Crippen molar-refractivity contribution in [1.82, 2.24) is 10.3 Å². The maximum atomic E-state index is 12.8. The first-order valence-electron chi connectivity index (χ1n) is 5.15. The molecule has 3 heteroatoms. The highest BCUT2D eigenvalue weighted by atomic mass is 19.1. The summed E-state index contributed by atoms with van der Waals surface area (Å²) in [5.74, 6) is -0.220. The molecule has 0 aliphatic heterocycles. The van der Waals surface area contributed by atoms with Crippen molar-refractivity contribution in [2.75, 3.05) is 7.05 Å². The van der Waals surface area contributed by atoms with Gasteiger partial charge in [-0.05, 0) is 30.8 Å². The van der Waals surface area contributed by atoms with E-state index in [4.69, 9.17) is 0 Å². The van der Waals surface area contributed by atoms with Gasteiger partial charge >= 0.3 is 0 Å². The lowest BCUT2D eigenvalue weighted by Gasteiger charge is -2.07. The molecule has 1 heterocycles. The van der Waals surface area contributed by atoms with Crippen molar-refractivity contribution >= 4 is 0 Å². The summed E-state index contributed by atoms with van der Waals surface area (Å²) in [4.78, 5) is 4.31. The van der Waals surface area contributed by atoms with E-state index in [1.54, 1.807) is 18.3 Å². The predicted molar refractivity (Wildman–Crippen MR) is 62.4 cm³/mol. The molecule has 0 radical (unpaired) electrons. The van der Waals surface area contributed by atoms with Crippen molar-refractivity contribution in [2.24, 2.45) is 0 Å². The second kappa shape index (κ2) is 4.86. The molecule has 0 bridgehead atoms. The maximum Gasteiger partial charge on any atom is 0.123 e. The highest BCUT2D eigenvalue weighted by molar-refractivity contribution is 5.65. The smallest absolute Gasteiger partial charge is 0.123 e. The number of aromatic nitrogens is 1. The summed E-state index contributed by atoms with van der Waals surface area (Å²) in [6, 6.07) is 10.3. The SMILES string of the molecule is CNCc1ncccc1-c1ccc(F)cc1. The summed E-state index contributed by atoms with van der Waals surface area (Å²) >= 11 is 0. The van der Waals surface area contributed by atoms with Crippen molar-refractivity contribution in [3.05, 3.63) is 54.1 Å². The molecule has 82 valence electrons. The third-order valence-electron chi connectivity index (χ3n) is 2.39. The van der Waals surface area contributed by atoms with Crippen molar-refractivity contribution in [1.29, 1.82) is 0 Å². The van der Waals surface area contributed by atoms with Crippen LogP contribution in [0.4, 0.5) is 4.39 Å². The lowest BCUT2D eigenvalue weighted by Crippen LogP contribution is -2.08. The molecule has 0 aliphatic carbocycles. The Balaban J connectivity index is 2.42. The molecule has 0 unspecified atom stereocenters. The standard InChI is InChI=1S/C13H13FN2/c1-15-9-13-12(3-2-8-16-13)10-4-6-11(14)7-5-10/h2-8,15H,9H2,1H3. The molecular weight excluding hydrogens is 203 g/mol. The van der Waals surface area contributed by atoms with Gasteiger partial charge in [-0.2, -0.15) is 0 Å². The van der Waals surface area contributed by atoms with Gasteiger partial charge in [0.15, 0.2) is 0 Å². The molecule has 2 nitrogen and oxygen atoms in total. The van der Waals surface area contributed by atoms with Crippen LogP contribution in [-0.2, 0) is 6.54 Å². The Bertz CT molecular complexity index is 466. The van der Waals surface area contributed by atoms with Gasteiger partial charge in [-0.3, -0.25) is 4.98 Å². The number of nitrogens with one attached hydrogen (secondary N) is 1. The van der Waals surface area contributed by atoms with Gasteiger partial charge < -0.3 is 5.32 Å². The second-order valence-electron chi connectivity index (χ2n) is 3.53. The van der Waals surface area contributed by atoms with Gasteiger partial charge in [-0.1, -0.05) is 18.2 Å². The second-order valence-corrected chi connectivity index (χ2v) is 3.53. The summed E-state index contributed by atoms with van der Waals surface area (Å²) < 4.78 is 12.8. The Kier molecular flexibility index (Phi) is 3.27. The van der Waals surface area contributed by atoms with Crippen LogP contribution in [0.3, 0.4) is 0 Å². The fourth-order valence-corrected chi connectivity index (χ4v) is 1.64. The molecule has 0 amide bonds. The summed E-state index contributed by atoms with van der Waals surface area (Å²) in [6.45, 7) is 0.702. The van der Waals surface area contributed by atoms with Gasteiger partial charge in [0.2, 0.25) is 0 Å². The van der Waals surface area contributed by atoms with Crippen LogP contribution in [0.1, 0.15) is 5.69 Å². The van der Waals surface area contributed by atoms with E-state index in [2.05, 4.69) is 10.3 Å². The molecule has 0 saturated heterocycles. The minimum Gasteiger partial charge on any atom is -0.314 e. The third-order valence-corrected chi connectivity index (χ3v) is 2.39. The molecule has 0 aliphatic rings. The number of nitrogens with zero attached hydrogens (tertiary/aromatic N) is 1. The van der Waals surface area contributed by atoms with E-state index in [1.807, 2.05) is 19.2 Å². The van der Waals surface area contributed by atoms with E-state index in [9.17, 15) is 4.39 Å². The molecule has 1 aromatic carbocycles. The van der Waals surface area contributed by atoms with Crippen LogP contribution in [0, 0.1) is 5.82 Å². The average Bonchev–Trinajstić information content (AvgIpc) is 2.32. The topological polar surface area (TPSA) is 24.9 Å². The highest BCUT2D eigenvalue weighted by Gasteiger charge is 2.04. The monoisotopic (exact) mass is 216 g/mol. The highest BCUT2D eigenvalue weighted by Crippen LogP contribution is 2.22. The normalized spacial score (nSPS) is 10.4. The molecule has 0 fully saturated rings. The summed E-state index contributed by atoms with van der Waals surface area (Å²) in [7, 11) is 1.88. The van der Waals surface area contributed by atoms with Crippen LogP contribution in [0.25, 0.3) is 11.1 Å². The largest absolute Gasteiger partial charge is 0.314 e. The zero-order valence-electron chi connectivity index (χ0n) is 9.07. The molecular formula is C13H13FN2. The number of hydrogen-bond acceptors (Lipinski definition) is 2. The number of rotatable bonds is 3. The Morgan fingerprint density at radius 2 is 1.94 bits per heavy atom. The van der Waals surface area contributed by atoms with Gasteiger partial charge in [0.05, 0.1) is 5.69 Å². The van der Waals surface area contributed by atoms with Gasteiger partial charge in [0, 0.05) is 18.3 Å². The van der Waals surface area contributed by atoms with Crippen molar-refractivity contribution in [2.45, 2.75) is 6.54 Å². The van der Waals surface area contributed by atoms with Crippen LogP contribution >= 0.6 is 0 Å². The molecule has 16 heavy (non-hydrogen) atoms. The molecule has 0 atom stereocenters. The van der Waals surface area contributed by atoms with Crippen LogP contribution < -0.4 is 5.32 Å². The van der Waals surface area contributed by atoms with E-state index in [-0.39, 0.29) is 5.82 Å². The van der Waals surface area contributed by atoms with Crippen molar-refractivity contribution in [3.63, 3.8) is 0 Å². The zero-order chi connectivity index (χ0) is 11.4. The minimum atomic E-state index is -0.220. The lowest BCUT2D eigenvalue weighted by atomic mass is 10.0. The van der Waals surface area contributed by atoms with Crippen molar-refractivity contribution < 1.29 is 4.39 Å². The van der Waals surface area contributed by atoms with Gasteiger partial charge in [0.25, 0.3) is 0 Å². The van der Waals surface area contributed by atoms with Gasteiger partial charge in [-0.25, -0.2) is 4.39 Å². The Hall–Kier alpha value is -1.74. The Morgan fingerprint density at radius 1 is 1.19 bits per heavy atom. The molecule has 2 aromatic rings. The number of hydrogen-bond donors (Lipinski definition) is 1. The average molecular weight is 216 g/mol. The van der Waals surface area contributed by atoms with Gasteiger partial charge in [0.1, 0.15) is 5.82 Å². The van der Waals surface area contributed by atoms with Crippen LogP contribution in [0.2, 0.25) is 0 Å². The maximum absolute atomic E-state index is 12.8. The van der Waals surface area contributed by atoms with E-state index in [0.29, 0.717) is 6.54 Å². The number of pyridine rings is 1. The minimum absolute atomic E-state index is 0.220. The first-order chi connectivity index (χ1) is 7.81. The third kappa shape index (κ3) is 2.25. The molecule has 1 N–H and O–H groups in total. The molecule has 0 spiro atoms. The Morgan fingerprint density at radius 3 is 2.62 bits per heavy atom. The van der Waals surface area contributed by atoms with E-state index in [0.717, 1.165) is 16.8 Å². The lowest BCUT2D eigenvalue weighted by molar-refractivity contribution is 0.628. The fourth-order valence-electron chi connectivity index (χ4n) is 1.64. The zero-order valence-corrected chi connectivity index (χ0v) is 9.07. The molecule has 2 rings (SSSR count). The summed E-state index contributed by atoms with van der Waals surface area (Å²) in [6.07, 6.45) is 1.76. The van der Waals surface area contributed by atoms with Crippen LogP contribution in [0.5, 0.6) is 0 Å². The van der Waals surface area contributed by atoms with Crippen LogP contribution in [-0.4, -0.2) is 12.0 Å². The fraction of sp³-hybridized carbons (Fsp3) is 0.154. The number of halogens is 1. The van der Waals surface area contributed by atoms with Crippen molar-refractivity contribution in [3.8, 4) is 11.1 Å². The van der Waals surface area contributed by atoms with E-state index in [1.165, 1.54) is 12.1 Å². The predicted octanol–water partition coefficient (Wildman–Crippen LogP) is 2.61. The first kappa shape index (κ1) is 10.8. The molecule has 1 aromatic heterocycles. The van der Waals surface area contributed by atoms with E-state index >= 15 is 0 Å². The van der Waals surface area contributed by atoms with Gasteiger partial charge in [-0.15, -0.1) is 0 Å². The Labute approximate surface area is 94.2 Å². The van der Waals surface area contributed by atoms with Crippen LogP contribution in [0.15, 0.2) is 42.6 Å². The molecule has 0 saturated carbocycles. The van der Waals surface area contributed by atoms with E-state index < -0.39 is 0 Å². The summed E-state index contributed by atoms with van der Waals surface area (Å²) in [5, 5.41) is 3.07.